The van der Waals surface area contributed by atoms with Crippen LogP contribution in [0, 0.1) is 6.92 Å². The molecule has 2 aromatic heterocycles. The van der Waals surface area contributed by atoms with Crippen molar-refractivity contribution >= 4 is 71.5 Å². The quantitative estimate of drug-likeness (QED) is 0.174. The summed E-state index contributed by atoms with van der Waals surface area (Å²) in [5, 5.41) is 11.9. The highest BCUT2D eigenvalue weighted by atomic mass is 79.9. The van der Waals surface area contributed by atoms with Crippen molar-refractivity contribution in [2.45, 2.75) is 31.2 Å². The van der Waals surface area contributed by atoms with Gasteiger partial charge in [-0.1, -0.05) is 42.5 Å². The summed E-state index contributed by atoms with van der Waals surface area (Å²) in [4.78, 5) is 29.7. The molecule has 9 nitrogen and oxygen atoms in total. The number of furan rings is 1. The second-order valence-electron chi connectivity index (χ2n) is 11.2. The van der Waals surface area contributed by atoms with Gasteiger partial charge < -0.3 is 19.3 Å². The van der Waals surface area contributed by atoms with Gasteiger partial charge in [0.25, 0.3) is 15.9 Å². The van der Waals surface area contributed by atoms with Crippen LogP contribution in [-0.4, -0.2) is 62.5 Å². The van der Waals surface area contributed by atoms with Crippen molar-refractivity contribution in [3.63, 3.8) is 0 Å². The minimum Gasteiger partial charge on any atom is -0.475 e. The second-order valence-corrected chi connectivity index (χ2v) is 14.8. The molecule has 0 saturated carbocycles. The molecule has 1 aliphatic heterocycles. The van der Waals surface area contributed by atoms with E-state index in [2.05, 4.69) is 20.8 Å². The normalized spacial score (nSPS) is 15.3. The van der Waals surface area contributed by atoms with Gasteiger partial charge in [-0.15, -0.1) is 11.3 Å². The fraction of sp³-hybridized carbons (Fsp3) is 0.235. The number of anilines is 2. The number of amides is 1. The summed E-state index contributed by atoms with van der Waals surface area (Å²) in [6.07, 6.45) is 0.470. The number of carbonyl (C=O) groups excluding carboxylic acids is 1. The number of aromatic carboxylic acids is 1. The van der Waals surface area contributed by atoms with Crippen molar-refractivity contribution in [3.8, 4) is 0 Å². The first-order valence-electron chi connectivity index (χ1n) is 14.8. The number of sulfonamides is 1. The number of hydrogen-bond donors (Lipinski definition) is 1. The SMILES string of the molecule is Cc1c(C(=O)O)oc2ccc(S(=O)(=O)N(CCc3ccccc3)c3ccccc3N3CCN(C(=O)c4sccc4Br)C[C@@H]3C)cc12. The molecule has 1 aliphatic rings. The average Bonchev–Trinajstić information content (AvgIpc) is 3.63. The first kappa shape index (κ1) is 31.8. The van der Waals surface area contributed by atoms with Crippen LogP contribution in [0.1, 0.15) is 38.3 Å². The number of aryl methyl sites for hydroxylation is 1. The van der Waals surface area contributed by atoms with Gasteiger partial charge in [-0.05, 0) is 83.5 Å². The number of carbonyl (C=O) groups is 2. The zero-order valence-corrected chi connectivity index (χ0v) is 28.4. The summed E-state index contributed by atoms with van der Waals surface area (Å²) >= 11 is 4.88. The van der Waals surface area contributed by atoms with Gasteiger partial charge in [0, 0.05) is 47.6 Å². The molecule has 1 fully saturated rings. The maximum Gasteiger partial charge on any atom is 0.372 e. The molecule has 238 valence electrons. The molecule has 1 saturated heterocycles. The Kier molecular flexibility index (Phi) is 8.95. The van der Waals surface area contributed by atoms with E-state index in [-0.39, 0.29) is 29.1 Å². The van der Waals surface area contributed by atoms with E-state index in [1.165, 1.54) is 33.8 Å². The number of carboxylic acid groups (broad SMARTS) is 1. The van der Waals surface area contributed by atoms with Gasteiger partial charge in [-0.3, -0.25) is 9.10 Å². The van der Waals surface area contributed by atoms with Gasteiger partial charge >= 0.3 is 5.97 Å². The first-order chi connectivity index (χ1) is 22.1. The Morgan fingerprint density at radius 2 is 1.78 bits per heavy atom. The summed E-state index contributed by atoms with van der Waals surface area (Å²) in [6.45, 7) is 5.32. The molecule has 46 heavy (non-hydrogen) atoms. The van der Waals surface area contributed by atoms with Crippen molar-refractivity contribution in [2.24, 2.45) is 0 Å². The van der Waals surface area contributed by atoms with E-state index in [9.17, 15) is 23.1 Å². The van der Waals surface area contributed by atoms with E-state index >= 15 is 0 Å². The molecule has 0 spiro atoms. The van der Waals surface area contributed by atoms with Gasteiger partial charge in [0.15, 0.2) is 0 Å². The van der Waals surface area contributed by atoms with E-state index in [0.717, 1.165) is 15.7 Å². The lowest BCUT2D eigenvalue weighted by Gasteiger charge is -2.42. The predicted octanol–water partition coefficient (Wildman–Crippen LogP) is 7.05. The molecule has 1 atom stereocenters. The number of halogens is 1. The molecule has 5 aromatic rings. The monoisotopic (exact) mass is 721 g/mol. The molecule has 0 radical (unpaired) electrons. The van der Waals surface area contributed by atoms with Crippen LogP contribution < -0.4 is 9.21 Å². The maximum atomic E-state index is 14.6. The Morgan fingerprint density at radius 1 is 1.04 bits per heavy atom. The van der Waals surface area contributed by atoms with Gasteiger partial charge in [0.2, 0.25) is 5.76 Å². The third kappa shape index (κ3) is 6.04. The number of hydrogen-bond acceptors (Lipinski definition) is 7. The van der Waals surface area contributed by atoms with Crippen LogP contribution in [0.4, 0.5) is 11.4 Å². The summed E-state index contributed by atoms with van der Waals surface area (Å²) < 4.78 is 36.9. The molecule has 12 heteroatoms. The Bertz CT molecular complexity index is 2020. The van der Waals surface area contributed by atoms with Crippen LogP contribution in [0.2, 0.25) is 0 Å². The Morgan fingerprint density at radius 3 is 2.48 bits per heavy atom. The van der Waals surface area contributed by atoms with E-state index in [0.29, 0.717) is 53.2 Å². The number of carboxylic acids is 1. The van der Waals surface area contributed by atoms with E-state index in [4.69, 9.17) is 4.42 Å². The molecular formula is C34H32BrN3O6S2. The Balaban J connectivity index is 1.37. The molecule has 0 bridgehead atoms. The molecule has 1 amide bonds. The fourth-order valence-corrected chi connectivity index (χ4v) is 8.96. The Labute approximate surface area is 279 Å². The number of benzene rings is 3. The first-order valence-corrected chi connectivity index (χ1v) is 17.9. The minimum absolute atomic E-state index is 0.0234. The van der Waals surface area contributed by atoms with Gasteiger partial charge in [-0.25, -0.2) is 13.2 Å². The van der Waals surface area contributed by atoms with Crippen molar-refractivity contribution in [3.05, 3.63) is 110 Å². The van der Waals surface area contributed by atoms with Gasteiger partial charge in [0.1, 0.15) is 10.5 Å². The average molecular weight is 723 g/mol. The van der Waals surface area contributed by atoms with E-state index in [1.807, 2.05) is 77.9 Å². The molecule has 0 unspecified atom stereocenters. The zero-order valence-electron chi connectivity index (χ0n) is 25.2. The maximum absolute atomic E-state index is 14.6. The molecule has 3 aromatic carbocycles. The fourth-order valence-electron chi connectivity index (χ4n) is 5.94. The molecule has 3 heterocycles. The lowest BCUT2D eigenvalue weighted by Crippen LogP contribution is -2.54. The minimum atomic E-state index is -4.13. The number of para-hydroxylation sites is 2. The highest BCUT2D eigenvalue weighted by molar-refractivity contribution is 9.10. The number of rotatable bonds is 9. The summed E-state index contributed by atoms with van der Waals surface area (Å²) in [5.41, 5.74) is 2.95. The summed E-state index contributed by atoms with van der Waals surface area (Å²) in [6, 6.07) is 23.4. The molecular weight excluding hydrogens is 690 g/mol. The third-order valence-corrected chi connectivity index (χ3v) is 12.0. The van der Waals surface area contributed by atoms with Crippen molar-refractivity contribution in [2.75, 3.05) is 35.4 Å². The smallest absolute Gasteiger partial charge is 0.372 e. The molecule has 0 aliphatic carbocycles. The molecule has 1 N–H and O–H groups in total. The predicted molar refractivity (Wildman–Crippen MR) is 184 cm³/mol. The number of fused-ring (bicyclic) bond motifs is 1. The lowest BCUT2D eigenvalue weighted by atomic mass is 10.1. The zero-order chi connectivity index (χ0) is 32.6. The van der Waals surface area contributed by atoms with Crippen molar-refractivity contribution < 1.29 is 27.5 Å². The van der Waals surface area contributed by atoms with E-state index < -0.39 is 16.0 Å². The van der Waals surface area contributed by atoms with Crippen LogP contribution in [-0.2, 0) is 16.4 Å². The van der Waals surface area contributed by atoms with Gasteiger partial charge in [0.05, 0.1) is 16.3 Å². The van der Waals surface area contributed by atoms with Crippen molar-refractivity contribution in [1.29, 1.82) is 0 Å². The van der Waals surface area contributed by atoms with Crippen LogP contribution >= 0.6 is 27.3 Å². The van der Waals surface area contributed by atoms with Crippen LogP contribution in [0.15, 0.2) is 98.0 Å². The third-order valence-electron chi connectivity index (χ3n) is 8.32. The van der Waals surface area contributed by atoms with Gasteiger partial charge in [-0.2, -0.15) is 0 Å². The highest BCUT2D eigenvalue weighted by Gasteiger charge is 2.33. The Hall–Kier alpha value is -4.13. The lowest BCUT2D eigenvalue weighted by molar-refractivity contribution is 0.0663. The largest absolute Gasteiger partial charge is 0.475 e. The highest BCUT2D eigenvalue weighted by Crippen LogP contribution is 2.37. The number of nitrogens with zero attached hydrogens (tertiary/aromatic N) is 3. The molecule has 6 rings (SSSR count). The second kappa shape index (κ2) is 12.9. The summed E-state index contributed by atoms with van der Waals surface area (Å²) in [7, 11) is -4.13. The van der Waals surface area contributed by atoms with Crippen LogP contribution in [0.25, 0.3) is 11.0 Å². The van der Waals surface area contributed by atoms with E-state index in [1.54, 1.807) is 6.92 Å². The summed E-state index contributed by atoms with van der Waals surface area (Å²) in [5.74, 6) is -1.45. The standard InChI is InChI=1S/C34H32BrN3O6S2/c1-22-21-36(33(39)32-27(35)15-19-45-32)17-18-37(22)28-10-6-7-11-29(28)38(16-14-24-8-4-3-5-9-24)46(42,43)25-12-13-30-26(20-25)23(2)31(44-30)34(40)41/h3-13,15,19-20,22H,14,16-18,21H2,1-2H3,(H,40,41)/t22-/m0/s1. The van der Waals surface area contributed by atoms with Crippen molar-refractivity contribution in [1.82, 2.24) is 4.90 Å². The number of thiophene rings is 1. The topological polar surface area (TPSA) is 111 Å². The van der Waals surface area contributed by atoms with Crippen LogP contribution in [0.5, 0.6) is 0 Å². The number of piperazine rings is 1. The van der Waals surface area contributed by atoms with Crippen LogP contribution in [0.3, 0.4) is 0 Å².